The lowest BCUT2D eigenvalue weighted by atomic mass is 10.1. The minimum atomic E-state index is -0.784. The van der Waals surface area contributed by atoms with Gasteiger partial charge in [-0.3, -0.25) is 0 Å². The van der Waals surface area contributed by atoms with Crippen molar-refractivity contribution in [3.05, 3.63) is 48.5 Å². The zero-order valence-electron chi connectivity index (χ0n) is 11.5. The van der Waals surface area contributed by atoms with Crippen molar-refractivity contribution >= 4 is 16.7 Å². The molecule has 0 saturated heterocycles. The van der Waals surface area contributed by atoms with Crippen molar-refractivity contribution in [2.75, 3.05) is 18.5 Å². The molecule has 108 valence electrons. The first-order valence-electron chi connectivity index (χ1n) is 6.85. The molecule has 1 aromatic heterocycles. The van der Waals surface area contributed by atoms with E-state index < -0.39 is 6.10 Å². The summed E-state index contributed by atoms with van der Waals surface area (Å²) in [5, 5.41) is 21.5. The van der Waals surface area contributed by atoms with Crippen molar-refractivity contribution in [1.29, 1.82) is 0 Å². The van der Waals surface area contributed by atoms with Crippen LogP contribution in [0.25, 0.3) is 22.4 Å². The fourth-order valence-corrected chi connectivity index (χ4v) is 2.22. The molecule has 5 heteroatoms. The van der Waals surface area contributed by atoms with E-state index in [9.17, 15) is 5.11 Å². The predicted octanol–water partition coefficient (Wildman–Crippen LogP) is 1.99. The first kappa shape index (κ1) is 13.6. The third-order valence-corrected chi connectivity index (χ3v) is 3.31. The van der Waals surface area contributed by atoms with Gasteiger partial charge in [0.2, 0.25) is 0 Å². The van der Waals surface area contributed by atoms with Crippen LogP contribution in [0.4, 0.5) is 5.69 Å². The summed E-state index contributed by atoms with van der Waals surface area (Å²) in [7, 11) is 0. The van der Waals surface area contributed by atoms with Crippen LogP contribution in [0.3, 0.4) is 0 Å². The number of H-pyrrole nitrogens is 1. The minimum absolute atomic E-state index is 0.264. The Labute approximate surface area is 122 Å². The monoisotopic (exact) mass is 283 g/mol. The Morgan fingerprint density at radius 1 is 1.10 bits per heavy atom. The number of benzene rings is 2. The summed E-state index contributed by atoms with van der Waals surface area (Å²) in [6.07, 6.45) is -0.784. The Balaban J connectivity index is 1.94. The molecule has 0 aliphatic heterocycles. The van der Waals surface area contributed by atoms with Crippen molar-refractivity contribution in [3.8, 4) is 11.4 Å². The van der Waals surface area contributed by atoms with Crippen molar-refractivity contribution in [2.45, 2.75) is 6.10 Å². The largest absolute Gasteiger partial charge is 0.394 e. The van der Waals surface area contributed by atoms with Gasteiger partial charge in [0, 0.05) is 17.8 Å². The molecule has 0 radical (unpaired) electrons. The molecule has 0 amide bonds. The quantitative estimate of drug-likeness (QED) is 0.577. The van der Waals surface area contributed by atoms with Crippen molar-refractivity contribution in [3.63, 3.8) is 0 Å². The molecule has 4 N–H and O–H groups in total. The summed E-state index contributed by atoms with van der Waals surface area (Å²) >= 11 is 0. The SMILES string of the molecule is OCC(O)CNc1ccccc1-c1nc2ccccc2[nH]1. The molecule has 0 aliphatic rings. The third-order valence-electron chi connectivity index (χ3n) is 3.31. The van der Waals surface area contributed by atoms with Gasteiger partial charge in [-0.05, 0) is 24.3 Å². The van der Waals surface area contributed by atoms with Gasteiger partial charge >= 0.3 is 0 Å². The second kappa shape index (κ2) is 5.95. The summed E-state index contributed by atoms with van der Waals surface area (Å²) < 4.78 is 0. The van der Waals surface area contributed by atoms with Crippen LogP contribution in [0.2, 0.25) is 0 Å². The van der Waals surface area contributed by atoms with Crippen molar-refractivity contribution < 1.29 is 10.2 Å². The lowest BCUT2D eigenvalue weighted by Gasteiger charge is -2.13. The molecule has 0 fully saturated rings. The van der Waals surface area contributed by atoms with Gasteiger partial charge in [-0.2, -0.15) is 0 Å². The number of nitrogens with zero attached hydrogens (tertiary/aromatic N) is 1. The second-order valence-corrected chi connectivity index (χ2v) is 4.87. The summed E-state index contributed by atoms with van der Waals surface area (Å²) in [6, 6.07) is 15.6. The summed E-state index contributed by atoms with van der Waals surface area (Å²) in [4.78, 5) is 7.87. The van der Waals surface area contributed by atoms with Gasteiger partial charge in [0.25, 0.3) is 0 Å². The van der Waals surface area contributed by atoms with E-state index in [-0.39, 0.29) is 13.2 Å². The maximum Gasteiger partial charge on any atom is 0.140 e. The van der Waals surface area contributed by atoms with Gasteiger partial charge in [-0.15, -0.1) is 0 Å². The molecule has 21 heavy (non-hydrogen) atoms. The average molecular weight is 283 g/mol. The van der Waals surface area contributed by atoms with Crippen LogP contribution in [0.5, 0.6) is 0 Å². The van der Waals surface area contributed by atoms with E-state index in [1.54, 1.807) is 0 Å². The lowest BCUT2D eigenvalue weighted by molar-refractivity contribution is 0.105. The van der Waals surface area contributed by atoms with E-state index in [4.69, 9.17) is 5.11 Å². The van der Waals surface area contributed by atoms with Gasteiger partial charge < -0.3 is 20.5 Å². The number of imidazole rings is 1. The molecule has 1 atom stereocenters. The molecule has 0 spiro atoms. The number of para-hydroxylation sites is 3. The molecule has 5 nitrogen and oxygen atoms in total. The molecule has 3 rings (SSSR count). The van der Waals surface area contributed by atoms with E-state index >= 15 is 0 Å². The highest BCUT2D eigenvalue weighted by molar-refractivity contribution is 5.82. The Hall–Kier alpha value is -2.37. The van der Waals surface area contributed by atoms with Crippen LogP contribution in [0.1, 0.15) is 0 Å². The van der Waals surface area contributed by atoms with Crippen LogP contribution in [-0.4, -0.2) is 39.4 Å². The molecule has 3 aromatic rings. The lowest BCUT2D eigenvalue weighted by Crippen LogP contribution is -2.23. The van der Waals surface area contributed by atoms with E-state index in [2.05, 4.69) is 15.3 Å². The van der Waals surface area contributed by atoms with Gasteiger partial charge in [0.1, 0.15) is 5.82 Å². The topological polar surface area (TPSA) is 81.2 Å². The fourth-order valence-electron chi connectivity index (χ4n) is 2.22. The number of aliphatic hydroxyl groups is 2. The van der Waals surface area contributed by atoms with Gasteiger partial charge in [-0.1, -0.05) is 24.3 Å². The fraction of sp³-hybridized carbons (Fsp3) is 0.188. The number of aromatic amines is 1. The van der Waals surface area contributed by atoms with Crippen molar-refractivity contribution in [1.82, 2.24) is 9.97 Å². The smallest absolute Gasteiger partial charge is 0.140 e. The van der Waals surface area contributed by atoms with Crippen LogP contribution in [0.15, 0.2) is 48.5 Å². The standard InChI is InChI=1S/C16H17N3O2/c20-10-11(21)9-17-13-6-2-1-5-12(13)16-18-14-7-3-4-8-15(14)19-16/h1-8,11,17,20-21H,9-10H2,(H,18,19). The number of aliphatic hydroxyl groups excluding tert-OH is 2. The second-order valence-electron chi connectivity index (χ2n) is 4.87. The molecule has 0 aliphatic carbocycles. The molecule has 0 bridgehead atoms. The highest BCUT2D eigenvalue weighted by Gasteiger charge is 2.10. The summed E-state index contributed by atoms with van der Waals surface area (Å²) in [5.41, 5.74) is 3.69. The minimum Gasteiger partial charge on any atom is -0.394 e. The molecule has 2 aromatic carbocycles. The number of hydrogen-bond acceptors (Lipinski definition) is 4. The zero-order chi connectivity index (χ0) is 14.7. The summed E-state index contributed by atoms with van der Waals surface area (Å²) in [6.45, 7) is 0.0214. The average Bonchev–Trinajstić information content (AvgIpc) is 2.96. The van der Waals surface area contributed by atoms with Gasteiger partial charge in [0.05, 0.1) is 23.7 Å². The third kappa shape index (κ3) is 2.89. The first-order chi connectivity index (χ1) is 10.3. The number of fused-ring (bicyclic) bond motifs is 1. The Kier molecular flexibility index (Phi) is 3.85. The number of anilines is 1. The highest BCUT2D eigenvalue weighted by atomic mass is 16.3. The van der Waals surface area contributed by atoms with Crippen LogP contribution < -0.4 is 5.32 Å². The van der Waals surface area contributed by atoms with E-state index in [0.29, 0.717) is 0 Å². The predicted molar refractivity (Wildman–Crippen MR) is 83.1 cm³/mol. The normalized spacial score (nSPS) is 12.5. The maximum atomic E-state index is 9.46. The molecule has 0 saturated carbocycles. The number of aromatic nitrogens is 2. The van der Waals surface area contributed by atoms with Crippen LogP contribution in [0, 0.1) is 0 Å². The highest BCUT2D eigenvalue weighted by Crippen LogP contribution is 2.27. The zero-order valence-corrected chi connectivity index (χ0v) is 11.5. The Morgan fingerprint density at radius 2 is 1.86 bits per heavy atom. The van der Waals surface area contributed by atoms with E-state index in [1.165, 1.54) is 0 Å². The molecule has 1 unspecified atom stereocenters. The van der Waals surface area contributed by atoms with E-state index in [1.807, 2.05) is 48.5 Å². The molecule has 1 heterocycles. The Bertz CT molecular complexity index is 706. The molecular formula is C16H17N3O2. The summed E-state index contributed by atoms with van der Waals surface area (Å²) in [5.74, 6) is 0.776. The number of rotatable bonds is 5. The molecular weight excluding hydrogens is 266 g/mol. The van der Waals surface area contributed by atoms with Crippen LogP contribution in [-0.2, 0) is 0 Å². The first-order valence-corrected chi connectivity index (χ1v) is 6.85. The van der Waals surface area contributed by atoms with E-state index in [0.717, 1.165) is 28.1 Å². The van der Waals surface area contributed by atoms with Crippen molar-refractivity contribution in [2.24, 2.45) is 0 Å². The Morgan fingerprint density at radius 3 is 2.67 bits per heavy atom. The van der Waals surface area contributed by atoms with Crippen LogP contribution >= 0.6 is 0 Å². The maximum absolute atomic E-state index is 9.46. The van der Waals surface area contributed by atoms with Gasteiger partial charge in [0.15, 0.2) is 0 Å². The number of hydrogen-bond donors (Lipinski definition) is 4. The van der Waals surface area contributed by atoms with Gasteiger partial charge in [-0.25, -0.2) is 4.98 Å². The number of nitrogens with one attached hydrogen (secondary N) is 2.